The lowest BCUT2D eigenvalue weighted by molar-refractivity contribution is 0.170. The molecular weight excluding hydrogens is 423 g/mol. The molecule has 0 unspecified atom stereocenters. The van der Waals surface area contributed by atoms with Crippen LogP contribution in [0.5, 0.6) is 0 Å². The molecule has 2 aliphatic heterocycles. The molecule has 2 aromatic rings. The van der Waals surface area contributed by atoms with Crippen molar-refractivity contribution in [1.82, 2.24) is 9.88 Å². The van der Waals surface area contributed by atoms with E-state index < -0.39 is 20.7 Å². The lowest BCUT2D eigenvalue weighted by Gasteiger charge is -2.34. The minimum Gasteiger partial charge on any atom is -0.382 e. The zero-order valence-corrected chi connectivity index (χ0v) is 17.8. The molecule has 3 heterocycles. The molecule has 10 heteroatoms. The van der Waals surface area contributed by atoms with Crippen LogP contribution in [-0.4, -0.2) is 43.0 Å². The summed E-state index contributed by atoms with van der Waals surface area (Å²) in [7, 11) is -4.10. The normalized spacial score (nSPS) is 25.0. The van der Waals surface area contributed by atoms with E-state index in [1.54, 1.807) is 5.38 Å². The number of rotatable bonds is 6. The number of thiazole rings is 1. The predicted octanol–water partition coefficient (Wildman–Crippen LogP) is 4.17. The second-order valence-electron chi connectivity index (χ2n) is 7.47. The van der Waals surface area contributed by atoms with Gasteiger partial charge < -0.3 is 5.32 Å². The third-order valence-electron chi connectivity index (χ3n) is 5.78. The molecule has 1 aromatic heterocycles. The highest BCUT2D eigenvalue weighted by atomic mass is 35.5. The molecule has 6 nitrogen and oxygen atoms in total. The summed E-state index contributed by atoms with van der Waals surface area (Å²) >= 11 is 7.41. The van der Waals surface area contributed by atoms with Crippen LogP contribution in [0.15, 0.2) is 28.6 Å². The van der Waals surface area contributed by atoms with Gasteiger partial charge in [-0.2, -0.15) is 0 Å². The van der Waals surface area contributed by atoms with E-state index in [-0.39, 0.29) is 15.7 Å². The maximum Gasteiger partial charge on any atom is 0.266 e. The zero-order valence-electron chi connectivity index (χ0n) is 15.4. The lowest BCUT2D eigenvalue weighted by Crippen LogP contribution is -2.46. The number of sulfonamides is 1. The van der Waals surface area contributed by atoms with Crippen LogP contribution >= 0.6 is 22.9 Å². The fraction of sp³-hybridized carbons (Fsp3) is 0.500. The van der Waals surface area contributed by atoms with Crippen molar-refractivity contribution in [3.8, 4) is 0 Å². The average molecular weight is 445 g/mol. The van der Waals surface area contributed by atoms with Crippen LogP contribution in [0.2, 0.25) is 5.02 Å². The van der Waals surface area contributed by atoms with Crippen molar-refractivity contribution in [3.05, 3.63) is 34.5 Å². The van der Waals surface area contributed by atoms with Gasteiger partial charge >= 0.3 is 0 Å². The number of anilines is 2. The van der Waals surface area contributed by atoms with E-state index >= 15 is 0 Å². The molecule has 0 spiro atoms. The molecule has 0 aliphatic carbocycles. The van der Waals surface area contributed by atoms with E-state index in [0.717, 1.165) is 55.7 Å². The molecule has 2 saturated heterocycles. The van der Waals surface area contributed by atoms with Gasteiger partial charge in [0.2, 0.25) is 0 Å². The van der Waals surface area contributed by atoms with Crippen LogP contribution in [0, 0.1) is 5.82 Å². The zero-order chi connectivity index (χ0) is 19.9. The summed E-state index contributed by atoms with van der Waals surface area (Å²) in [4.78, 5) is 5.90. The maximum atomic E-state index is 14.6. The van der Waals surface area contributed by atoms with Gasteiger partial charge in [-0.15, -0.1) is 11.3 Å². The number of hydrogen-bond donors (Lipinski definition) is 2. The minimum absolute atomic E-state index is 0.0797. The Balaban J connectivity index is 1.53. The molecular formula is C18H22ClFN4O2S2. The molecule has 2 atom stereocenters. The fourth-order valence-electron chi connectivity index (χ4n) is 4.40. The molecule has 2 aliphatic rings. The van der Waals surface area contributed by atoms with E-state index in [4.69, 9.17) is 11.6 Å². The van der Waals surface area contributed by atoms with E-state index in [2.05, 4.69) is 26.8 Å². The molecule has 1 aromatic carbocycles. The third-order valence-corrected chi connectivity index (χ3v) is 8.27. The van der Waals surface area contributed by atoms with Gasteiger partial charge in [-0.3, -0.25) is 9.62 Å². The average Bonchev–Trinajstić information content (AvgIpc) is 3.35. The van der Waals surface area contributed by atoms with Crippen LogP contribution in [0.25, 0.3) is 0 Å². The van der Waals surface area contributed by atoms with Gasteiger partial charge in [0, 0.05) is 29.7 Å². The first-order valence-electron chi connectivity index (χ1n) is 9.23. The van der Waals surface area contributed by atoms with Gasteiger partial charge in [0.1, 0.15) is 10.7 Å². The first kappa shape index (κ1) is 19.9. The summed E-state index contributed by atoms with van der Waals surface area (Å²) in [6.07, 6.45) is 5.99. The summed E-state index contributed by atoms with van der Waals surface area (Å²) in [5.41, 5.74) is 0.490. The Hall–Kier alpha value is -1.42. The second kappa shape index (κ2) is 7.44. The van der Waals surface area contributed by atoms with E-state index in [1.807, 2.05) is 0 Å². The quantitative estimate of drug-likeness (QED) is 0.699. The third kappa shape index (κ3) is 3.60. The van der Waals surface area contributed by atoms with Crippen molar-refractivity contribution < 1.29 is 12.8 Å². The van der Waals surface area contributed by atoms with Crippen LogP contribution < -0.4 is 10.0 Å². The van der Waals surface area contributed by atoms with Crippen LogP contribution in [0.3, 0.4) is 0 Å². The van der Waals surface area contributed by atoms with Crippen molar-refractivity contribution in [2.24, 2.45) is 0 Å². The van der Waals surface area contributed by atoms with Crippen molar-refractivity contribution >= 4 is 43.8 Å². The topological polar surface area (TPSA) is 74.3 Å². The number of halogens is 2. The van der Waals surface area contributed by atoms with Gasteiger partial charge in [-0.05, 0) is 51.3 Å². The number of hydrogen-bond acceptors (Lipinski definition) is 6. The summed E-state index contributed by atoms with van der Waals surface area (Å²) < 4.78 is 41.8. The fourth-order valence-corrected chi connectivity index (χ4v) is 6.57. The van der Waals surface area contributed by atoms with Crippen LogP contribution in [0.1, 0.15) is 32.6 Å². The second-order valence-corrected chi connectivity index (χ2v) is 10.4. The highest BCUT2D eigenvalue weighted by Crippen LogP contribution is 2.42. The number of aromatic nitrogens is 1. The van der Waals surface area contributed by atoms with Crippen LogP contribution in [0.4, 0.5) is 15.2 Å². The van der Waals surface area contributed by atoms with Gasteiger partial charge in [0.25, 0.3) is 10.0 Å². The molecule has 28 heavy (non-hydrogen) atoms. The first-order chi connectivity index (χ1) is 13.3. The Morgan fingerprint density at radius 3 is 3.00 bits per heavy atom. The SMILES string of the molecule is C[C@@H]1CC[C@@]2(CNc3cc(F)c(S(=O)(=O)Nc4nccs4)cc3Cl)CCCN12. The summed E-state index contributed by atoms with van der Waals surface area (Å²) in [6, 6.07) is 2.87. The Labute approximate surface area is 173 Å². The van der Waals surface area contributed by atoms with Gasteiger partial charge in [0.05, 0.1) is 10.7 Å². The largest absolute Gasteiger partial charge is 0.382 e. The lowest BCUT2D eigenvalue weighted by atomic mass is 9.94. The smallest absolute Gasteiger partial charge is 0.266 e. The molecule has 4 rings (SSSR count). The van der Waals surface area contributed by atoms with E-state index in [1.165, 1.54) is 6.20 Å². The Kier molecular flexibility index (Phi) is 5.28. The predicted molar refractivity (Wildman–Crippen MR) is 110 cm³/mol. The molecule has 0 saturated carbocycles. The Morgan fingerprint density at radius 1 is 1.43 bits per heavy atom. The maximum absolute atomic E-state index is 14.6. The minimum atomic E-state index is -4.10. The van der Waals surface area contributed by atoms with Gasteiger partial charge in [-0.25, -0.2) is 17.8 Å². The van der Waals surface area contributed by atoms with Crippen LogP contribution in [-0.2, 0) is 10.0 Å². The highest BCUT2D eigenvalue weighted by Gasteiger charge is 2.47. The Morgan fingerprint density at radius 2 is 2.25 bits per heavy atom. The standard InChI is InChI=1S/C18H22ClFN4O2S2/c1-12-3-5-18(4-2-7-24(12)18)11-22-15-10-14(20)16(9-13(15)19)28(25,26)23-17-21-6-8-27-17/h6,8-10,12,22H,2-5,7,11H2,1H3,(H,21,23)/t12-,18-/m1/s1. The monoisotopic (exact) mass is 444 g/mol. The molecule has 2 N–H and O–H groups in total. The molecule has 0 bridgehead atoms. The Bertz CT molecular complexity index is 970. The number of fused-ring (bicyclic) bond motifs is 1. The number of nitrogens with zero attached hydrogens (tertiary/aromatic N) is 2. The molecule has 0 amide bonds. The van der Waals surface area contributed by atoms with Gasteiger partial charge in [-0.1, -0.05) is 11.6 Å². The first-order valence-corrected chi connectivity index (χ1v) is 12.0. The van der Waals surface area contributed by atoms with Crippen molar-refractivity contribution in [1.29, 1.82) is 0 Å². The van der Waals surface area contributed by atoms with Gasteiger partial charge in [0.15, 0.2) is 5.13 Å². The van der Waals surface area contributed by atoms with E-state index in [9.17, 15) is 12.8 Å². The van der Waals surface area contributed by atoms with Crippen molar-refractivity contribution in [2.75, 3.05) is 23.1 Å². The van der Waals surface area contributed by atoms with E-state index in [0.29, 0.717) is 18.3 Å². The van der Waals surface area contributed by atoms with Crippen molar-refractivity contribution in [3.63, 3.8) is 0 Å². The number of nitrogens with one attached hydrogen (secondary N) is 2. The number of benzene rings is 1. The highest BCUT2D eigenvalue weighted by molar-refractivity contribution is 7.93. The van der Waals surface area contributed by atoms with Crippen molar-refractivity contribution in [2.45, 2.75) is 49.1 Å². The molecule has 2 fully saturated rings. The summed E-state index contributed by atoms with van der Waals surface area (Å²) in [5.74, 6) is -0.850. The summed E-state index contributed by atoms with van der Waals surface area (Å²) in [6.45, 7) is 4.00. The molecule has 0 radical (unpaired) electrons. The molecule has 152 valence electrons. The summed E-state index contributed by atoms with van der Waals surface area (Å²) in [5, 5.41) is 5.24.